The molecule has 0 saturated carbocycles. The molecule has 0 spiro atoms. The maximum atomic E-state index is 12.4. The lowest BCUT2D eigenvalue weighted by atomic mass is 10.0. The summed E-state index contributed by atoms with van der Waals surface area (Å²) in [5, 5.41) is 0. The smallest absolute Gasteiger partial charge is 0.228 e. The molecular formula is C15H29N3O2. The quantitative estimate of drug-likeness (QED) is 0.729. The van der Waals surface area contributed by atoms with E-state index in [4.69, 9.17) is 10.5 Å². The van der Waals surface area contributed by atoms with E-state index < -0.39 is 0 Å². The molecule has 2 saturated heterocycles. The topological polar surface area (TPSA) is 58.8 Å². The van der Waals surface area contributed by atoms with Crippen molar-refractivity contribution in [2.75, 3.05) is 52.5 Å². The number of unbranched alkanes of at least 4 members (excludes halogenated alkanes) is 2. The fourth-order valence-electron chi connectivity index (χ4n) is 3.04. The van der Waals surface area contributed by atoms with Gasteiger partial charge in [0.15, 0.2) is 0 Å². The van der Waals surface area contributed by atoms with Gasteiger partial charge in [0.1, 0.15) is 0 Å². The van der Waals surface area contributed by atoms with Crippen molar-refractivity contribution in [3.05, 3.63) is 0 Å². The van der Waals surface area contributed by atoms with Gasteiger partial charge in [-0.1, -0.05) is 6.42 Å². The minimum Gasteiger partial charge on any atom is -0.381 e. The number of piperazine rings is 1. The highest BCUT2D eigenvalue weighted by atomic mass is 16.5. The minimum absolute atomic E-state index is 0.111. The van der Waals surface area contributed by atoms with Crippen molar-refractivity contribution in [1.29, 1.82) is 0 Å². The third-order valence-electron chi connectivity index (χ3n) is 4.37. The molecule has 0 aromatic rings. The standard InChI is InChI=1S/C15H29N3O2/c16-6-2-1-3-7-17-8-10-18(11-9-17)15(19)14-5-4-12-20-13-14/h14H,1-13,16H2. The lowest BCUT2D eigenvalue weighted by Gasteiger charge is -2.37. The molecule has 0 bridgehead atoms. The van der Waals surface area contributed by atoms with Crippen molar-refractivity contribution in [3.8, 4) is 0 Å². The summed E-state index contributed by atoms with van der Waals surface area (Å²) in [6, 6.07) is 0. The van der Waals surface area contributed by atoms with E-state index in [9.17, 15) is 4.79 Å². The van der Waals surface area contributed by atoms with Crippen LogP contribution in [0.4, 0.5) is 0 Å². The van der Waals surface area contributed by atoms with Crippen molar-refractivity contribution in [2.24, 2.45) is 11.7 Å². The maximum Gasteiger partial charge on any atom is 0.228 e. The molecule has 0 aliphatic carbocycles. The molecule has 2 aliphatic rings. The summed E-state index contributed by atoms with van der Waals surface area (Å²) < 4.78 is 5.42. The highest BCUT2D eigenvalue weighted by Crippen LogP contribution is 2.17. The van der Waals surface area contributed by atoms with Crippen LogP contribution in [0.25, 0.3) is 0 Å². The number of amides is 1. The van der Waals surface area contributed by atoms with Gasteiger partial charge in [-0.25, -0.2) is 0 Å². The zero-order valence-electron chi connectivity index (χ0n) is 12.6. The number of hydrogen-bond donors (Lipinski definition) is 1. The number of rotatable bonds is 6. The van der Waals surface area contributed by atoms with E-state index >= 15 is 0 Å². The van der Waals surface area contributed by atoms with Crippen LogP contribution in [0.2, 0.25) is 0 Å². The van der Waals surface area contributed by atoms with Crippen LogP contribution >= 0.6 is 0 Å². The summed E-state index contributed by atoms with van der Waals surface area (Å²) in [4.78, 5) is 16.9. The molecule has 1 amide bonds. The third kappa shape index (κ3) is 4.72. The van der Waals surface area contributed by atoms with Crippen LogP contribution < -0.4 is 5.73 Å². The van der Waals surface area contributed by atoms with Gasteiger partial charge in [-0.05, 0) is 38.8 Å². The van der Waals surface area contributed by atoms with Crippen molar-refractivity contribution >= 4 is 5.91 Å². The summed E-state index contributed by atoms with van der Waals surface area (Å²) in [5.41, 5.74) is 5.50. The molecule has 5 nitrogen and oxygen atoms in total. The molecular weight excluding hydrogens is 254 g/mol. The van der Waals surface area contributed by atoms with Crippen LogP contribution in [0.3, 0.4) is 0 Å². The van der Waals surface area contributed by atoms with E-state index in [0.717, 1.165) is 65.1 Å². The summed E-state index contributed by atoms with van der Waals surface area (Å²) in [6.07, 6.45) is 5.59. The SMILES string of the molecule is NCCCCCN1CCN(C(=O)C2CCCOC2)CC1. The van der Waals surface area contributed by atoms with Gasteiger partial charge in [-0.2, -0.15) is 0 Å². The number of hydrogen-bond acceptors (Lipinski definition) is 4. The molecule has 2 N–H and O–H groups in total. The molecule has 0 aromatic heterocycles. The minimum atomic E-state index is 0.111. The molecule has 1 unspecified atom stereocenters. The van der Waals surface area contributed by atoms with Gasteiger partial charge in [0.05, 0.1) is 12.5 Å². The van der Waals surface area contributed by atoms with E-state index in [0.29, 0.717) is 12.5 Å². The zero-order valence-corrected chi connectivity index (χ0v) is 12.6. The number of carbonyl (C=O) groups is 1. The van der Waals surface area contributed by atoms with E-state index in [1.807, 2.05) is 4.90 Å². The fraction of sp³-hybridized carbons (Fsp3) is 0.933. The first kappa shape index (κ1) is 15.7. The first-order valence-electron chi connectivity index (χ1n) is 8.10. The highest BCUT2D eigenvalue weighted by Gasteiger charge is 2.28. The number of nitrogens with two attached hydrogens (primary N) is 1. The molecule has 1 atom stereocenters. The van der Waals surface area contributed by atoms with Crippen LogP contribution in [0.5, 0.6) is 0 Å². The van der Waals surface area contributed by atoms with E-state index in [1.165, 1.54) is 12.8 Å². The van der Waals surface area contributed by atoms with Crippen molar-refractivity contribution in [1.82, 2.24) is 9.80 Å². The molecule has 2 fully saturated rings. The van der Waals surface area contributed by atoms with Crippen LogP contribution in [-0.4, -0.2) is 68.2 Å². The number of ether oxygens (including phenoxy) is 1. The van der Waals surface area contributed by atoms with Crippen molar-refractivity contribution < 1.29 is 9.53 Å². The largest absolute Gasteiger partial charge is 0.381 e. The highest BCUT2D eigenvalue weighted by molar-refractivity contribution is 5.79. The van der Waals surface area contributed by atoms with E-state index in [2.05, 4.69) is 4.90 Å². The predicted molar refractivity (Wildman–Crippen MR) is 79.5 cm³/mol. The van der Waals surface area contributed by atoms with Gasteiger partial charge in [0, 0.05) is 32.8 Å². The van der Waals surface area contributed by atoms with E-state index in [1.54, 1.807) is 0 Å². The normalized spacial score (nSPS) is 24.9. The van der Waals surface area contributed by atoms with Gasteiger partial charge >= 0.3 is 0 Å². The Labute approximate surface area is 122 Å². The Morgan fingerprint density at radius 2 is 1.95 bits per heavy atom. The Hall–Kier alpha value is -0.650. The summed E-state index contributed by atoms with van der Waals surface area (Å²) in [5.74, 6) is 0.423. The van der Waals surface area contributed by atoms with Gasteiger partial charge in [0.2, 0.25) is 5.91 Å². The molecule has 0 aromatic carbocycles. The lowest BCUT2D eigenvalue weighted by molar-refractivity contribution is -0.141. The average molecular weight is 283 g/mol. The van der Waals surface area contributed by atoms with Gasteiger partial charge in [-0.3, -0.25) is 9.69 Å². The van der Waals surface area contributed by atoms with Crippen molar-refractivity contribution in [3.63, 3.8) is 0 Å². The summed E-state index contributed by atoms with van der Waals surface area (Å²) >= 11 is 0. The average Bonchev–Trinajstić information content (AvgIpc) is 2.52. The molecule has 2 heterocycles. The fourth-order valence-corrected chi connectivity index (χ4v) is 3.04. The Balaban J connectivity index is 1.64. The van der Waals surface area contributed by atoms with Crippen LogP contribution in [-0.2, 0) is 9.53 Å². The van der Waals surface area contributed by atoms with E-state index in [-0.39, 0.29) is 5.92 Å². The predicted octanol–water partition coefficient (Wildman–Crippen LogP) is 0.686. The van der Waals surface area contributed by atoms with Gasteiger partial charge < -0.3 is 15.4 Å². The molecule has 2 aliphatic heterocycles. The lowest BCUT2D eigenvalue weighted by Crippen LogP contribution is -2.51. The number of carbonyl (C=O) groups excluding carboxylic acids is 1. The van der Waals surface area contributed by atoms with Crippen LogP contribution in [0.15, 0.2) is 0 Å². The molecule has 0 radical (unpaired) electrons. The van der Waals surface area contributed by atoms with Gasteiger partial charge in [0.25, 0.3) is 0 Å². The Morgan fingerprint density at radius 1 is 1.15 bits per heavy atom. The van der Waals surface area contributed by atoms with Crippen LogP contribution in [0.1, 0.15) is 32.1 Å². The molecule has 5 heteroatoms. The maximum absolute atomic E-state index is 12.4. The monoisotopic (exact) mass is 283 g/mol. The Bertz CT molecular complexity index is 285. The molecule has 2 rings (SSSR count). The molecule has 20 heavy (non-hydrogen) atoms. The Morgan fingerprint density at radius 3 is 2.60 bits per heavy atom. The zero-order chi connectivity index (χ0) is 14.2. The summed E-state index contributed by atoms with van der Waals surface area (Å²) in [7, 11) is 0. The first-order chi connectivity index (χ1) is 9.81. The third-order valence-corrected chi connectivity index (χ3v) is 4.37. The second-order valence-electron chi connectivity index (χ2n) is 5.93. The first-order valence-corrected chi connectivity index (χ1v) is 8.10. The van der Waals surface area contributed by atoms with Crippen molar-refractivity contribution in [2.45, 2.75) is 32.1 Å². The Kier molecular flexibility index (Phi) is 6.76. The summed E-state index contributed by atoms with van der Waals surface area (Å²) in [6.45, 7) is 7.18. The number of nitrogens with zero attached hydrogens (tertiary/aromatic N) is 2. The van der Waals surface area contributed by atoms with Gasteiger partial charge in [-0.15, -0.1) is 0 Å². The van der Waals surface area contributed by atoms with Crippen LogP contribution in [0, 0.1) is 5.92 Å². The molecule has 116 valence electrons. The second-order valence-corrected chi connectivity index (χ2v) is 5.93. The second kappa shape index (κ2) is 8.60.